The number of thiazole rings is 1. The molecule has 5 aromatic rings. The Balaban J connectivity index is 0.706. The molecular formula is C75H98ClF3N10O10S4. The quantitative estimate of drug-likeness (QED) is 0.0242. The van der Waals surface area contributed by atoms with Gasteiger partial charge >= 0.3 is 5.51 Å². The number of β-amino-alcohol motifs (C(OH)–C–C–N with tert-alkyl or cyclic N) is 1. The molecule has 0 radical (unpaired) electrons. The van der Waals surface area contributed by atoms with Crippen molar-refractivity contribution in [1.82, 2.24) is 44.8 Å². The Kier molecular flexibility index (Phi) is 26.1. The minimum atomic E-state index is -6.17. The van der Waals surface area contributed by atoms with Crippen LogP contribution in [0.5, 0.6) is 0 Å². The molecule has 5 aliphatic rings. The van der Waals surface area contributed by atoms with Crippen LogP contribution >= 0.6 is 34.7 Å². The molecule has 10 rings (SSSR count). The standard InChI is InChI=1S/C75H98ClF3N10O10S4/c1-49-40-55(20-25-64(49)88-36-34-87(35-37-88)44-56-43-74(7,8)28-26-62(56)53-18-21-57(76)22-19-53)70(92)84-103(97,98)61-23-24-63(66(42-61)102(95,96)75(77,78)79)82-58(47-100-60-12-10-9-11-13-60)27-29-85-30-32-86(33-31-85)38-39-99-46-67(91)83-69(73(4,5)6)72(94)89-45-59(90)41-65(89)71(93)81-50(2)52-14-16-54(17-15-52)68-51(3)80-48-101-68/h9-25,42,48-50,56,58-59,62,65,69,82,90H,26-41,43-47H2,1-8H3,(H,81,93)(H,83,91)(H,84,92)/t49?,50-,56?,58+,59+,62?,65-,69?/m0/s1. The van der Waals surface area contributed by atoms with Crippen molar-refractivity contribution < 1.29 is 59.0 Å². The summed E-state index contributed by atoms with van der Waals surface area (Å²) in [6.45, 7) is 23.2. The number of aromatic nitrogens is 1. The van der Waals surface area contributed by atoms with Gasteiger partial charge in [-0.05, 0) is 134 Å². The molecule has 1 saturated carbocycles. The van der Waals surface area contributed by atoms with E-state index in [2.05, 4.69) is 66.5 Å². The monoisotopic (exact) mass is 1520 g/mol. The number of likely N-dealkylation sites (tertiary alicyclic amines) is 1. The predicted molar refractivity (Wildman–Crippen MR) is 398 cm³/mol. The van der Waals surface area contributed by atoms with Crippen LogP contribution < -0.4 is 20.7 Å². The first-order valence-electron chi connectivity index (χ1n) is 35.4. The Hall–Kier alpha value is -6.40. The minimum absolute atomic E-state index is 0.0373. The molecule has 2 aliphatic carbocycles. The summed E-state index contributed by atoms with van der Waals surface area (Å²) in [6.07, 6.45) is 6.44. The number of halogens is 4. The largest absolute Gasteiger partial charge is 0.501 e. The molecule has 103 heavy (non-hydrogen) atoms. The number of sulfone groups is 1. The van der Waals surface area contributed by atoms with Crippen LogP contribution in [0.25, 0.3) is 10.4 Å². The van der Waals surface area contributed by atoms with Crippen LogP contribution in [0, 0.1) is 29.6 Å². The molecule has 3 aliphatic heterocycles. The van der Waals surface area contributed by atoms with Crippen molar-refractivity contribution in [2.45, 2.75) is 150 Å². The Morgan fingerprint density at radius 1 is 0.854 bits per heavy atom. The van der Waals surface area contributed by atoms with Crippen LogP contribution in [0.15, 0.2) is 141 Å². The van der Waals surface area contributed by atoms with Crippen LogP contribution in [0.4, 0.5) is 18.9 Å². The zero-order valence-electron chi connectivity index (χ0n) is 59.9. The van der Waals surface area contributed by atoms with E-state index in [0.717, 1.165) is 101 Å². The van der Waals surface area contributed by atoms with Gasteiger partial charge in [0.15, 0.2) is 0 Å². The molecule has 28 heteroatoms. The normalized spacial score (nSPS) is 22.0. The van der Waals surface area contributed by atoms with Gasteiger partial charge in [-0.25, -0.2) is 26.5 Å². The molecule has 0 spiro atoms. The summed E-state index contributed by atoms with van der Waals surface area (Å²) < 4.78 is 107. The number of carbonyl (C=O) groups is 4. The number of piperazine rings is 2. The number of carbonyl (C=O) groups excluding carboxylic acids is 4. The molecule has 4 fully saturated rings. The average molecular weight is 1520 g/mol. The number of hydrogen-bond donors (Lipinski definition) is 5. The van der Waals surface area contributed by atoms with Gasteiger partial charge in [0.1, 0.15) is 23.6 Å². The van der Waals surface area contributed by atoms with E-state index >= 15 is 0 Å². The number of thioether (sulfide) groups is 1. The van der Waals surface area contributed by atoms with Gasteiger partial charge in [-0.3, -0.25) is 29.0 Å². The summed E-state index contributed by atoms with van der Waals surface area (Å²) in [5.74, 6) is -1.36. The van der Waals surface area contributed by atoms with E-state index in [-0.39, 0.29) is 55.3 Å². The number of nitrogens with one attached hydrogen (secondary N) is 4. The van der Waals surface area contributed by atoms with Crippen molar-refractivity contribution in [3.8, 4) is 10.4 Å². The number of aliphatic hydroxyl groups excluding tert-OH is 1. The third kappa shape index (κ3) is 20.6. The summed E-state index contributed by atoms with van der Waals surface area (Å²) in [5, 5.41) is 20.4. The highest BCUT2D eigenvalue weighted by atomic mass is 35.5. The van der Waals surface area contributed by atoms with Gasteiger partial charge in [0.25, 0.3) is 25.8 Å². The summed E-state index contributed by atoms with van der Waals surface area (Å²) in [7, 11) is -11.1. The molecule has 4 heterocycles. The molecule has 5 N–H and O–H groups in total. The molecule has 8 atom stereocenters. The van der Waals surface area contributed by atoms with Crippen LogP contribution in [-0.4, -0.2) is 202 Å². The van der Waals surface area contributed by atoms with Crippen LogP contribution in [0.1, 0.15) is 116 Å². The molecule has 4 amide bonds. The molecule has 4 unspecified atom stereocenters. The lowest BCUT2D eigenvalue weighted by atomic mass is 9.65. The molecule has 1 aromatic heterocycles. The maximum absolute atomic E-state index is 14.6. The number of benzene rings is 4. The van der Waals surface area contributed by atoms with Crippen molar-refractivity contribution in [2.24, 2.45) is 22.7 Å². The lowest BCUT2D eigenvalue weighted by Crippen LogP contribution is -2.58. The molecule has 4 aromatic carbocycles. The fourth-order valence-electron chi connectivity index (χ4n) is 14.7. The van der Waals surface area contributed by atoms with Gasteiger partial charge < -0.3 is 40.5 Å². The molecular weight excluding hydrogens is 1420 g/mol. The second-order valence-corrected chi connectivity index (χ2v) is 35.9. The first-order valence-corrected chi connectivity index (χ1v) is 40.6. The van der Waals surface area contributed by atoms with E-state index in [4.69, 9.17) is 16.3 Å². The lowest BCUT2D eigenvalue weighted by molar-refractivity contribution is -0.144. The van der Waals surface area contributed by atoms with Gasteiger partial charge in [-0.15, -0.1) is 23.1 Å². The summed E-state index contributed by atoms with van der Waals surface area (Å²) in [5.41, 5.74) is 0.298. The van der Waals surface area contributed by atoms with Crippen molar-refractivity contribution >= 4 is 83.9 Å². The van der Waals surface area contributed by atoms with E-state index in [9.17, 15) is 54.3 Å². The summed E-state index contributed by atoms with van der Waals surface area (Å²) in [4.78, 5) is 70.1. The second-order valence-electron chi connectivity index (χ2n) is 29.9. The Morgan fingerprint density at radius 2 is 1.52 bits per heavy atom. The summed E-state index contributed by atoms with van der Waals surface area (Å²) >= 11 is 9.22. The fraction of sp³-hybridized carbons (Fsp3) is 0.533. The van der Waals surface area contributed by atoms with Crippen LogP contribution in [0.3, 0.4) is 0 Å². The van der Waals surface area contributed by atoms with Gasteiger partial charge in [0.05, 0.1) is 45.4 Å². The first kappa shape index (κ1) is 79.2. The lowest BCUT2D eigenvalue weighted by Gasteiger charge is -2.45. The number of nitrogens with zero attached hydrogens (tertiary/aromatic N) is 6. The number of allylic oxidation sites excluding steroid dienone is 3. The van der Waals surface area contributed by atoms with Crippen molar-refractivity contribution in [2.75, 3.05) is 103 Å². The highest BCUT2D eigenvalue weighted by molar-refractivity contribution is 7.99. The average Bonchev–Trinajstić information content (AvgIpc) is 1.24. The van der Waals surface area contributed by atoms with Crippen molar-refractivity contribution in [1.29, 1.82) is 0 Å². The molecule has 560 valence electrons. The van der Waals surface area contributed by atoms with E-state index < -0.39 is 100 Å². The third-order valence-electron chi connectivity index (χ3n) is 20.6. The van der Waals surface area contributed by atoms with Crippen molar-refractivity contribution in [3.05, 3.63) is 148 Å². The van der Waals surface area contributed by atoms with E-state index in [1.165, 1.54) is 22.2 Å². The maximum atomic E-state index is 14.6. The maximum Gasteiger partial charge on any atom is 0.501 e. The highest BCUT2D eigenvalue weighted by Crippen LogP contribution is 2.47. The zero-order chi connectivity index (χ0) is 74.2. The predicted octanol–water partition coefficient (Wildman–Crippen LogP) is 10.9. The topological polar surface area (TPSA) is 243 Å². The number of hydrogen-bond acceptors (Lipinski definition) is 18. The smallest absolute Gasteiger partial charge is 0.391 e. The van der Waals surface area contributed by atoms with Crippen molar-refractivity contribution in [3.63, 3.8) is 0 Å². The van der Waals surface area contributed by atoms with E-state index in [0.29, 0.717) is 63.6 Å². The zero-order valence-corrected chi connectivity index (χ0v) is 63.9. The third-order valence-corrected chi connectivity index (χ3v) is 25.8. The summed E-state index contributed by atoms with van der Waals surface area (Å²) in [6, 6.07) is 24.8. The molecule has 3 saturated heterocycles. The van der Waals surface area contributed by atoms with Crippen LogP contribution in [0.2, 0.25) is 5.02 Å². The number of alkyl halides is 3. The Morgan fingerprint density at radius 3 is 2.17 bits per heavy atom. The number of aliphatic hydroxyl groups is 1. The highest BCUT2D eigenvalue weighted by Gasteiger charge is 2.49. The number of aryl methyl sites for hydroxylation is 1. The van der Waals surface area contributed by atoms with Gasteiger partial charge in [-0.2, -0.15) is 13.2 Å². The fourth-order valence-corrected chi connectivity index (χ4v) is 18.7. The van der Waals surface area contributed by atoms with Gasteiger partial charge in [0.2, 0.25) is 17.7 Å². The van der Waals surface area contributed by atoms with Gasteiger partial charge in [0, 0.05) is 124 Å². The van der Waals surface area contributed by atoms with E-state index in [1.54, 1.807) is 43.7 Å². The Labute approximate surface area is 617 Å². The first-order chi connectivity index (χ1) is 48.7. The Bertz CT molecular complexity index is 4070. The molecule has 0 bridgehead atoms. The second kappa shape index (κ2) is 34.0. The molecule has 20 nitrogen and oxygen atoms in total. The number of amides is 4. The van der Waals surface area contributed by atoms with E-state index in [1.807, 2.05) is 98.3 Å². The number of rotatable bonds is 27. The SMILES string of the molecule is Cc1ncsc1-c1ccc([C@H](C)NC(=O)[C@@H]2C[C@@H](O)CN2C(=O)C(NC(=O)COCCN2CCN(CC[C@H](CSc3ccccc3)Nc3ccc(S(=O)(=O)NC(=O)C4=CC=C(N5CCN(CC6CC(C)(C)CCC6c6ccc(Cl)cc6)CC5)C(C)C4)cc3S(=O)(=O)C(F)(F)F)CC2)C(C)(C)C)cc1. The number of sulfonamides is 1. The van der Waals surface area contributed by atoms with Crippen LogP contribution in [-0.2, 0) is 43.8 Å². The number of anilines is 1. The number of ether oxygens (including phenoxy) is 1. The van der Waals surface area contributed by atoms with Gasteiger partial charge in [-0.1, -0.05) is 114 Å². The minimum Gasteiger partial charge on any atom is -0.391 e.